The molecular weight excluding hydrogens is 206 g/mol. The Balaban J connectivity index is 1.95. The summed E-state index contributed by atoms with van der Waals surface area (Å²) < 4.78 is 4.86. The number of methoxy groups -OCH3 is 1. The van der Waals surface area contributed by atoms with Crippen molar-refractivity contribution in [1.82, 2.24) is 15.1 Å². The number of hydrogen-bond donors (Lipinski definition) is 2. The molecule has 0 bridgehead atoms. The first-order valence-corrected chi connectivity index (χ1v) is 6.01. The van der Waals surface area contributed by atoms with Crippen LogP contribution in [0.1, 0.15) is 0 Å². The largest absolute Gasteiger partial charge is 0.389 e. The van der Waals surface area contributed by atoms with Crippen molar-refractivity contribution >= 4 is 0 Å². The highest BCUT2D eigenvalue weighted by molar-refractivity contribution is 4.70. The average Bonchev–Trinajstić information content (AvgIpc) is 2.27. The minimum absolute atomic E-state index is 0.391. The molecule has 0 aromatic heterocycles. The lowest BCUT2D eigenvalue weighted by Crippen LogP contribution is -2.47. The van der Waals surface area contributed by atoms with Gasteiger partial charge >= 0.3 is 0 Å². The average molecular weight is 231 g/mol. The lowest BCUT2D eigenvalue weighted by molar-refractivity contribution is 0.0638. The molecule has 5 heteroatoms. The third kappa shape index (κ3) is 5.77. The number of likely N-dealkylation sites (N-methyl/N-ethyl adjacent to an activating group) is 1. The molecule has 0 aliphatic carbocycles. The highest BCUT2D eigenvalue weighted by atomic mass is 16.5. The van der Waals surface area contributed by atoms with Gasteiger partial charge in [-0.2, -0.15) is 0 Å². The van der Waals surface area contributed by atoms with Crippen molar-refractivity contribution in [2.45, 2.75) is 6.10 Å². The summed E-state index contributed by atoms with van der Waals surface area (Å²) in [6, 6.07) is 0. The highest BCUT2D eigenvalue weighted by Gasteiger charge is 2.12. The van der Waals surface area contributed by atoms with Gasteiger partial charge in [0.05, 0.1) is 12.7 Å². The van der Waals surface area contributed by atoms with E-state index in [-0.39, 0.29) is 0 Å². The summed E-state index contributed by atoms with van der Waals surface area (Å²) in [5, 5.41) is 12.7. The molecule has 16 heavy (non-hydrogen) atoms. The van der Waals surface area contributed by atoms with Crippen molar-refractivity contribution in [2.75, 3.05) is 66.6 Å². The summed E-state index contributed by atoms with van der Waals surface area (Å²) in [5.74, 6) is 0. The van der Waals surface area contributed by atoms with Crippen molar-refractivity contribution < 1.29 is 9.84 Å². The zero-order valence-corrected chi connectivity index (χ0v) is 10.5. The Morgan fingerprint density at radius 1 is 1.31 bits per heavy atom. The van der Waals surface area contributed by atoms with E-state index in [1.807, 2.05) is 0 Å². The van der Waals surface area contributed by atoms with Crippen LogP contribution in [0.2, 0.25) is 0 Å². The SMILES string of the molecule is COCC(O)CNCCN1CCN(C)CC1. The zero-order chi connectivity index (χ0) is 11.8. The van der Waals surface area contributed by atoms with Crippen LogP contribution in [0.5, 0.6) is 0 Å². The van der Waals surface area contributed by atoms with Crippen LogP contribution in [0.4, 0.5) is 0 Å². The van der Waals surface area contributed by atoms with E-state index in [9.17, 15) is 5.11 Å². The Bertz CT molecular complexity index is 173. The summed E-state index contributed by atoms with van der Waals surface area (Å²) in [5.41, 5.74) is 0. The lowest BCUT2D eigenvalue weighted by atomic mass is 10.3. The Hall–Kier alpha value is -0.200. The number of nitrogens with one attached hydrogen (secondary N) is 1. The lowest BCUT2D eigenvalue weighted by Gasteiger charge is -2.32. The van der Waals surface area contributed by atoms with Crippen molar-refractivity contribution in [3.05, 3.63) is 0 Å². The maximum atomic E-state index is 9.41. The van der Waals surface area contributed by atoms with Gasteiger partial charge in [0.25, 0.3) is 0 Å². The zero-order valence-electron chi connectivity index (χ0n) is 10.5. The highest BCUT2D eigenvalue weighted by Crippen LogP contribution is 1.97. The van der Waals surface area contributed by atoms with Crippen molar-refractivity contribution in [3.63, 3.8) is 0 Å². The van der Waals surface area contributed by atoms with E-state index in [1.54, 1.807) is 7.11 Å². The minimum Gasteiger partial charge on any atom is -0.389 e. The molecule has 0 spiro atoms. The van der Waals surface area contributed by atoms with E-state index in [0.717, 1.165) is 39.3 Å². The number of piperazine rings is 1. The van der Waals surface area contributed by atoms with Gasteiger partial charge in [0.2, 0.25) is 0 Å². The van der Waals surface area contributed by atoms with Gasteiger partial charge in [-0.25, -0.2) is 0 Å². The topological polar surface area (TPSA) is 48.0 Å². The number of nitrogens with zero attached hydrogens (tertiary/aromatic N) is 2. The van der Waals surface area contributed by atoms with Gasteiger partial charge in [0.15, 0.2) is 0 Å². The van der Waals surface area contributed by atoms with Crippen LogP contribution in [-0.4, -0.2) is 87.6 Å². The Morgan fingerprint density at radius 2 is 2.00 bits per heavy atom. The number of rotatable bonds is 7. The third-order valence-electron chi connectivity index (χ3n) is 2.94. The quantitative estimate of drug-likeness (QED) is 0.541. The molecule has 1 unspecified atom stereocenters. The molecule has 1 rings (SSSR count). The standard InChI is InChI=1S/C11H25N3O2/c1-13-5-7-14(8-6-13)4-3-12-9-11(15)10-16-2/h11-12,15H,3-10H2,1-2H3. The van der Waals surface area contributed by atoms with Crippen LogP contribution in [-0.2, 0) is 4.74 Å². The fraction of sp³-hybridized carbons (Fsp3) is 1.00. The second-order valence-electron chi connectivity index (χ2n) is 4.46. The Morgan fingerprint density at radius 3 is 2.62 bits per heavy atom. The monoisotopic (exact) mass is 231 g/mol. The number of aliphatic hydroxyl groups excluding tert-OH is 1. The van der Waals surface area contributed by atoms with Gasteiger partial charge in [-0.05, 0) is 7.05 Å². The molecule has 1 aliphatic rings. The molecule has 0 saturated carbocycles. The van der Waals surface area contributed by atoms with E-state index in [2.05, 4.69) is 22.2 Å². The number of hydrogen-bond acceptors (Lipinski definition) is 5. The van der Waals surface area contributed by atoms with E-state index in [4.69, 9.17) is 4.74 Å². The molecule has 1 fully saturated rings. The molecule has 1 atom stereocenters. The molecule has 5 nitrogen and oxygen atoms in total. The van der Waals surface area contributed by atoms with Gasteiger partial charge < -0.3 is 20.1 Å². The first-order chi connectivity index (χ1) is 7.72. The summed E-state index contributed by atoms with van der Waals surface area (Å²) >= 11 is 0. The van der Waals surface area contributed by atoms with Crippen molar-refractivity contribution in [3.8, 4) is 0 Å². The van der Waals surface area contributed by atoms with E-state index in [1.165, 1.54) is 0 Å². The predicted molar refractivity (Wildman–Crippen MR) is 64.7 cm³/mol. The second kappa shape index (κ2) is 7.97. The predicted octanol–water partition coefficient (Wildman–Crippen LogP) is -1.17. The smallest absolute Gasteiger partial charge is 0.0897 e. The summed E-state index contributed by atoms with van der Waals surface area (Å²) in [7, 11) is 3.77. The Kier molecular flexibility index (Phi) is 6.91. The normalized spacial score (nSPS) is 21.2. The van der Waals surface area contributed by atoms with E-state index in [0.29, 0.717) is 13.2 Å². The van der Waals surface area contributed by atoms with E-state index < -0.39 is 6.10 Å². The molecular formula is C11H25N3O2. The fourth-order valence-electron chi connectivity index (χ4n) is 1.83. The van der Waals surface area contributed by atoms with Gasteiger partial charge in [0.1, 0.15) is 0 Å². The third-order valence-corrected chi connectivity index (χ3v) is 2.94. The van der Waals surface area contributed by atoms with Gasteiger partial charge in [-0.1, -0.05) is 0 Å². The first kappa shape index (κ1) is 13.9. The molecule has 1 aliphatic heterocycles. The van der Waals surface area contributed by atoms with Crippen molar-refractivity contribution in [1.29, 1.82) is 0 Å². The van der Waals surface area contributed by atoms with Crippen LogP contribution in [0.25, 0.3) is 0 Å². The van der Waals surface area contributed by atoms with Gasteiger partial charge in [-0.3, -0.25) is 4.90 Å². The van der Waals surface area contributed by atoms with Crippen LogP contribution >= 0.6 is 0 Å². The summed E-state index contributed by atoms with van der Waals surface area (Å²) in [6.45, 7) is 7.64. The second-order valence-corrected chi connectivity index (χ2v) is 4.46. The molecule has 0 aromatic carbocycles. The summed E-state index contributed by atoms with van der Waals surface area (Å²) in [4.78, 5) is 4.81. The molecule has 0 aromatic rings. The van der Waals surface area contributed by atoms with Crippen LogP contribution in [0, 0.1) is 0 Å². The Labute approximate surface area is 98.4 Å². The molecule has 0 amide bonds. The van der Waals surface area contributed by atoms with Crippen LogP contribution in [0.15, 0.2) is 0 Å². The van der Waals surface area contributed by atoms with Gasteiger partial charge in [-0.15, -0.1) is 0 Å². The molecule has 2 N–H and O–H groups in total. The maximum Gasteiger partial charge on any atom is 0.0897 e. The first-order valence-electron chi connectivity index (χ1n) is 6.01. The van der Waals surface area contributed by atoms with Crippen LogP contribution in [0.3, 0.4) is 0 Å². The fourth-order valence-corrected chi connectivity index (χ4v) is 1.83. The molecule has 1 saturated heterocycles. The van der Waals surface area contributed by atoms with E-state index >= 15 is 0 Å². The molecule has 1 heterocycles. The number of aliphatic hydroxyl groups is 1. The maximum absolute atomic E-state index is 9.41. The number of ether oxygens (including phenoxy) is 1. The molecule has 96 valence electrons. The molecule has 0 radical (unpaired) electrons. The van der Waals surface area contributed by atoms with Gasteiger partial charge in [0, 0.05) is 52.9 Å². The minimum atomic E-state index is -0.391. The van der Waals surface area contributed by atoms with Crippen LogP contribution < -0.4 is 5.32 Å². The van der Waals surface area contributed by atoms with Crippen molar-refractivity contribution in [2.24, 2.45) is 0 Å². The summed E-state index contributed by atoms with van der Waals surface area (Å²) in [6.07, 6.45) is -0.391.